The van der Waals surface area contributed by atoms with Crippen LogP contribution in [-0.4, -0.2) is 46.0 Å². The molecule has 0 saturated heterocycles. The van der Waals surface area contributed by atoms with Gasteiger partial charge in [-0.3, -0.25) is 9.69 Å². The summed E-state index contributed by atoms with van der Waals surface area (Å²) >= 11 is 0. The van der Waals surface area contributed by atoms with Crippen LogP contribution in [0.5, 0.6) is 0 Å². The Morgan fingerprint density at radius 2 is 1.91 bits per heavy atom. The minimum absolute atomic E-state index is 0.0838. The maximum atomic E-state index is 13.0. The second-order valence-corrected chi connectivity index (χ2v) is 7.78. The molecule has 34 heavy (non-hydrogen) atoms. The number of carbonyl (C=O) groups is 1. The summed E-state index contributed by atoms with van der Waals surface area (Å²) in [5.41, 5.74) is 2.23. The Balaban J connectivity index is 1.61. The summed E-state index contributed by atoms with van der Waals surface area (Å²) < 4.78 is 40.6. The minimum atomic E-state index is -4.53. The Morgan fingerprint density at radius 1 is 1.12 bits per heavy atom. The Kier molecular flexibility index (Phi) is 6.34. The van der Waals surface area contributed by atoms with Crippen LogP contribution >= 0.6 is 0 Å². The molecule has 0 aliphatic carbocycles. The largest absolute Gasteiger partial charge is 0.416 e. The highest BCUT2D eigenvalue weighted by Crippen LogP contribution is 2.30. The van der Waals surface area contributed by atoms with Gasteiger partial charge in [0.2, 0.25) is 0 Å². The fraction of sp³-hybridized carbons (Fsp3) is 0.160. The molecule has 0 aliphatic heterocycles. The van der Waals surface area contributed by atoms with E-state index in [0.29, 0.717) is 23.4 Å². The number of anilines is 1. The van der Waals surface area contributed by atoms with E-state index >= 15 is 0 Å². The lowest BCUT2D eigenvalue weighted by molar-refractivity contribution is -0.137. The number of halogens is 3. The molecule has 6 nitrogen and oxygen atoms in total. The summed E-state index contributed by atoms with van der Waals surface area (Å²) in [7, 11) is 3.86. The molecule has 0 aliphatic rings. The first-order valence-electron chi connectivity index (χ1n) is 10.3. The third-order valence-electron chi connectivity index (χ3n) is 4.89. The number of hydrogen-bond donors (Lipinski definition) is 1. The highest BCUT2D eigenvalue weighted by Gasteiger charge is 2.30. The molecule has 0 radical (unpaired) electrons. The summed E-state index contributed by atoms with van der Waals surface area (Å²) in [6.07, 6.45) is -1.23. The fourth-order valence-corrected chi connectivity index (χ4v) is 3.29. The van der Waals surface area contributed by atoms with Crippen LogP contribution in [0.1, 0.15) is 21.5 Å². The van der Waals surface area contributed by atoms with Crippen molar-refractivity contribution in [3.63, 3.8) is 0 Å². The summed E-state index contributed by atoms with van der Waals surface area (Å²) in [5, 5.41) is 7.07. The van der Waals surface area contributed by atoms with E-state index in [0.717, 1.165) is 23.4 Å². The molecule has 2 aromatic carbocycles. The average Bonchev–Trinajstić information content (AvgIpc) is 3.22. The molecule has 0 spiro atoms. The van der Waals surface area contributed by atoms with E-state index < -0.39 is 17.6 Å². The molecule has 0 fully saturated rings. The van der Waals surface area contributed by atoms with E-state index in [1.165, 1.54) is 12.1 Å². The van der Waals surface area contributed by atoms with Crippen LogP contribution in [0.15, 0.2) is 67.0 Å². The maximum absolute atomic E-state index is 13.0. The first-order chi connectivity index (χ1) is 16.2. The normalized spacial score (nSPS) is 11.4. The Morgan fingerprint density at radius 3 is 2.68 bits per heavy atom. The Hall–Kier alpha value is -4.16. The molecule has 2 aromatic heterocycles. The van der Waals surface area contributed by atoms with E-state index in [1.807, 2.05) is 25.1 Å². The van der Waals surface area contributed by atoms with Gasteiger partial charge in [0.15, 0.2) is 5.65 Å². The number of rotatable bonds is 4. The number of fused-ring (bicyclic) bond motifs is 1. The monoisotopic (exact) mass is 463 g/mol. The second kappa shape index (κ2) is 9.37. The summed E-state index contributed by atoms with van der Waals surface area (Å²) in [6, 6.07) is 13.0. The Bertz CT molecular complexity index is 1410. The van der Waals surface area contributed by atoms with Crippen molar-refractivity contribution in [3.05, 3.63) is 83.7 Å². The van der Waals surface area contributed by atoms with E-state index in [-0.39, 0.29) is 5.56 Å². The van der Waals surface area contributed by atoms with Gasteiger partial charge >= 0.3 is 6.18 Å². The smallest absolute Gasteiger partial charge is 0.322 e. The van der Waals surface area contributed by atoms with Crippen molar-refractivity contribution in [3.8, 4) is 23.1 Å². The quantitative estimate of drug-likeness (QED) is 0.450. The Labute approximate surface area is 194 Å². The number of amides is 1. The molecule has 0 saturated carbocycles. The lowest BCUT2D eigenvalue weighted by atomic mass is 10.1. The second-order valence-electron chi connectivity index (χ2n) is 7.78. The van der Waals surface area contributed by atoms with Crippen molar-refractivity contribution in [2.24, 2.45) is 0 Å². The van der Waals surface area contributed by atoms with Crippen LogP contribution < -0.4 is 5.32 Å². The first-order valence-corrected chi connectivity index (χ1v) is 10.3. The highest BCUT2D eigenvalue weighted by atomic mass is 19.4. The van der Waals surface area contributed by atoms with E-state index in [1.54, 1.807) is 41.2 Å². The van der Waals surface area contributed by atoms with Crippen molar-refractivity contribution in [1.82, 2.24) is 19.5 Å². The zero-order chi connectivity index (χ0) is 24.3. The van der Waals surface area contributed by atoms with Gasteiger partial charge in [0, 0.05) is 23.0 Å². The predicted molar refractivity (Wildman–Crippen MR) is 123 cm³/mol. The lowest BCUT2D eigenvalue weighted by Gasteiger charge is -2.11. The number of nitrogens with zero attached hydrogens (tertiary/aromatic N) is 4. The highest BCUT2D eigenvalue weighted by molar-refractivity contribution is 6.04. The van der Waals surface area contributed by atoms with Crippen LogP contribution in [-0.2, 0) is 6.18 Å². The minimum Gasteiger partial charge on any atom is -0.322 e. The molecule has 4 rings (SSSR count). The summed E-state index contributed by atoms with van der Waals surface area (Å²) in [5.74, 6) is 5.50. The number of nitrogens with one attached hydrogen (secondary N) is 1. The third-order valence-corrected chi connectivity index (χ3v) is 4.89. The van der Waals surface area contributed by atoms with Gasteiger partial charge in [-0.1, -0.05) is 30.0 Å². The first kappa shape index (κ1) is 23.0. The third kappa shape index (κ3) is 5.08. The van der Waals surface area contributed by atoms with Crippen LogP contribution in [0.2, 0.25) is 0 Å². The van der Waals surface area contributed by atoms with Gasteiger partial charge in [-0.25, -0.2) is 9.50 Å². The molecule has 0 atom stereocenters. The molecular formula is C25H20F3N5O. The molecule has 1 amide bonds. The van der Waals surface area contributed by atoms with E-state index in [9.17, 15) is 18.0 Å². The van der Waals surface area contributed by atoms with Crippen LogP contribution in [0.4, 0.5) is 18.9 Å². The van der Waals surface area contributed by atoms with E-state index in [2.05, 4.69) is 27.2 Å². The SMILES string of the molecule is CN(C)CC#Cc1cnn2c(-c3cccc(NC(=O)c4cccc(C(F)(F)F)c4)c3)ccnc12. The molecular weight excluding hydrogens is 443 g/mol. The topological polar surface area (TPSA) is 62.5 Å². The van der Waals surface area contributed by atoms with E-state index in [4.69, 9.17) is 0 Å². The predicted octanol–water partition coefficient (Wildman–Crippen LogP) is 4.58. The van der Waals surface area contributed by atoms with Gasteiger partial charge < -0.3 is 5.32 Å². The number of carbonyl (C=O) groups excluding carboxylic acids is 1. The van der Waals surface area contributed by atoms with Gasteiger partial charge in [-0.15, -0.1) is 0 Å². The van der Waals surface area contributed by atoms with Crippen LogP contribution in [0.3, 0.4) is 0 Å². The fourth-order valence-electron chi connectivity index (χ4n) is 3.29. The van der Waals surface area contributed by atoms with Crippen LogP contribution in [0, 0.1) is 11.8 Å². The van der Waals surface area contributed by atoms with Crippen molar-refractivity contribution in [1.29, 1.82) is 0 Å². The average molecular weight is 463 g/mol. The number of hydrogen-bond acceptors (Lipinski definition) is 4. The summed E-state index contributed by atoms with van der Waals surface area (Å²) in [4.78, 5) is 18.9. The van der Waals surface area contributed by atoms with Crippen molar-refractivity contribution < 1.29 is 18.0 Å². The molecule has 4 aromatic rings. The van der Waals surface area contributed by atoms with Gasteiger partial charge in [-0.2, -0.15) is 18.3 Å². The van der Waals surface area contributed by atoms with Gasteiger partial charge in [-0.05, 0) is 50.5 Å². The molecule has 0 bridgehead atoms. The van der Waals surface area contributed by atoms with Crippen molar-refractivity contribution in [2.75, 3.05) is 26.0 Å². The van der Waals surface area contributed by atoms with Crippen molar-refractivity contribution in [2.45, 2.75) is 6.18 Å². The lowest BCUT2D eigenvalue weighted by Crippen LogP contribution is -2.14. The molecule has 172 valence electrons. The number of aromatic nitrogens is 3. The van der Waals surface area contributed by atoms with Crippen LogP contribution in [0.25, 0.3) is 16.9 Å². The summed E-state index contributed by atoms with van der Waals surface area (Å²) in [6.45, 7) is 0.602. The molecule has 1 N–H and O–H groups in total. The zero-order valence-electron chi connectivity index (χ0n) is 18.4. The molecule has 0 unspecified atom stereocenters. The van der Waals surface area contributed by atoms with Crippen molar-refractivity contribution >= 4 is 17.2 Å². The van der Waals surface area contributed by atoms with Gasteiger partial charge in [0.1, 0.15) is 0 Å². The number of alkyl halides is 3. The zero-order valence-corrected chi connectivity index (χ0v) is 18.4. The number of benzene rings is 2. The van der Waals surface area contributed by atoms with Gasteiger partial charge in [0.25, 0.3) is 5.91 Å². The maximum Gasteiger partial charge on any atom is 0.416 e. The molecule has 2 heterocycles. The standard InChI is InChI=1S/C25H20F3N5O/c1-32(2)13-5-8-19-16-30-33-22(11-12-29-23(19)33)17-6-4-10-21(15-17)31-24(34)18-7-3-9-20(14-18)25(26,27)28/h3-4,6-7,9-12,14-16H,13H2,1-2H3,(H,31,34). The molecule has 9 heteroatoms. The van der Waals surface area contributed by atoms with Gasteiger partial charge in [0.05, 0.1) is 29.6 Å².